The van der Waals surface area contributed by atoms with Crippen molar-refractivity contribution in [3.8, 4) is 11.8 Å². The maximum Gasteiger partial charge on any atom is 0.0581 e. The summed E-state index contributed by atoms with van der Waals surface area (Å²) in [5, 5.41) is 7.46. The Balaban J connectivity index is 2.47. The first-order valence-corrected chi connectivity index (χ1v) is 5.18. The zero-order valence-corrected chi connectivity index (χ0v) is 8.53. The van der Waals surface area contributed by atoms with Crippen LogP contribution >= 0.6 is 11.3 Å². The standard InChI is InChI=1S/C10H14N2S/c1-2-3-5-12-10(7-11)9-4-6-13-8-9/h4,6,8,10,12H,5,7,11H2,1H3. The third kappa shape index (κ3) is 3.19. The molecule has 70 valence electrons. The summed E-state index contributed by atoms with van der Waals surface area (Å²) in [5.41, 5.74) is 6.90. The second kappa shape index (κ2) is 5.76. The average molecular weight is 194 g/mol. The van der Waals surface area contributed by atoms with E-state index in [0.717, 1.165) is 0 Å². The van der Waals surface area contributed by atoms with Crippen LogP contribution < -0.4 is 11.1 Å². The Morgan fingerprint density at radius 1 is 1.69 bits per heavy atom. The van der Waals surface area contributed by atoms with Crippen molar-refractivity contribution >= 4 is 11.3 Å². The van der Waals surface area contributed by atoms with Gasteiger partial charge in [-0.15, -0.1) is 5.92 Å². The summed E-state index contributed by atoms with van der Waals surface area (Å²) in [7, 11) is 0. The normalized spacial score (nSPS) is 11.8. The highest BCUT2D eigenvalue weighted by Crippen LogP contribution is 2.14. The first-order valence-electron chi connectivity index (χ1n) is 4.23. The number of rotatable bonds is 4. The number of hydrogen-bond acceptors (Lipinski definition) is 3. The Hall–Kier alpha value is -0.820. The monoisotopic (exact) mass is 194 g/mol. The molecule has 0 spiro atoms. The second-order valence-corrected chi connectivity index (χ2v) is 3.43. The fraction of sp³-hybridized carbons (Fsp3) is 0.400. The minimum absolute atomic E-state index is 0.243. The average Bonchev–Trinajstić information content (AvgIpc) is 2.65. The Bertz CT molecular complexity index is 282. The first kappa shape index (κ1) is 10.3. The maximum absolute atomic E-state index is 5.64. The molecular weight excluding hydrogens is 180 g/mol. The fourth-order valence-electron chi connectivity index (χ4n) is 1.07. The minimum atomic E-state index is 0.243. The van der Waals surface area contributed by atoms with Gasteiger partial charge in [-0.1, -0.05) is 5.92 Å². The minimum Gasteiger partial charge on any atom is -0.329 e. The maximum atomic E-state index is 5.64. The molecule has 1 aromatic heterocycles. The molecule has 1 rings (SSSR count). The summed E-state index contributed by atoms with van der Waals surface area (Å²) in [5.74, 6) is 5.80. The van der Waals surface area contributed by atoms with Crippen LogP contribution in [-0.4, -0.2) is 13.1 Å². The van der Waals surface area contributed by atoms with Gasteiger partial charge in [-0.2, -0.15) is 11.3 Å². The lowest BCUT2D eigenvalue weighted by Crippen LogP contribution is -2.28. The third-order valence-corrected chi connectivity index (χ3v) is 2.50. The Kier molecular flexibility index (Phi) is 4.55. The van der Waals surface area contributed by atoms with Gasteiger partial charge >= 0.3 is 0 Å². The van der Waals surface area contributed by atoms with Gasteiger partial charge in [0.05, 0.1) is 6.54 Å². The molecule has 0 bridgehead atoms. The van der Waals surface area contributed by atoms with Gasteiger partial charge in [0.15, 0.2) is 0 Å². The Morgan fingerprint density at radius 2 is 2.54 bits per heavy atom. The van der Waals surface area contributed by atoms with Gasteiger partial charge < -0.3 is 5.73 Å². The zero-order chi connectivity index (χ0) is 9.52. The zero-order valence-electron chi connectivity index (χ0n) is 7.71. The van der Waals surface area contributed by atoms with Gasteiger partial charge in [0.25, 0.3) is 0 Å². The highest BCUT2D eigenvalue weighted by atomic mass is 32.1. The van der Waals surface area contributed by atoms with Gasteiger partial charge in [0.2, 0.25) is 0 Å². The van der Waals surface area contributed by atoms with Crippen molar-refractivity contribution < 1.29 is 0 Å². The molecule has 3 N–H and O–H groups in total. The van der Waals surface area contributed by atoms with Crippen LogP contribution in [0.1, 0.15) is 18.5 Å². The van der Waals surface area contributed by atoms with Crippen molar-refractivity contribution in [2.45, 2.75) is 13.0 Å². The molecule has 13 heavy (non-hydrogen) atoms. The number of hydrogen-bond donors (Lipinski definition) is 2. The number of nitrogens with one attached hydrogen (secondary N) is 1. The predicted molar refractivity (Wildman–Crippen MR) is 57.6 cm³/mol. The van der Waals surface area contributed by atoms with Gasteiger partial charge in [-0.05, 0) is 29.3 Å². The van der Waals surface area contributed by atoms with Crippen LogP contribution in [0.5, 0.6) is 0 Å². The second-order valence-electron chi connectivity index (χ2n) is 2.65. The van der Waals surface area contributed by atoms with Crippen molar-refractivity contribution in [3.05, 3.63) is 22.4 Å². The van der Waals surface area contributed by atoms with Crippen LogP contribution in [0, 0.1) is 11.8 Å². The molecule has 2 nitrogen and oxygen atoms in total. The molecule has 1 atom stereocenters. The molecule has 0 radical (unpaired) electrons. The van der Waals surface area contributed by atoms with Gasteiger partial charge in [-0.25, -0.2) is 0 Å². The van der Waals surface area contributed by atoms with E-state index in [4.69, 9.17) is 5.73 Å². The number of thiophene rings is 1. The Labute approximate surface area is 83.2 Å². The predicted octanol–water partition coefficient (Wildman–Crippen LogP) is 1.36. The van der Waals surface area contributed by atoms with E-state index in [9.17, 15) is 0 Å². The summed E-state index contributed by atoms with van der Waals surface area (Å²) in [6, 6.07) is 2.33. The molecule has 1 unspecified atom stereocenters. The van der Waals surface area contributed by atoms with E-state index in [2.05, 4.69) is 34.0 Å². The van der Waals surface area contributed by atoms with Crippen molar-refractivity contribution in [2.24, 2.45) is 5.73 Å². The molecule has 0 fully saturated rings. The topological polar surface area (TPSA) is 38.0 Å². The molecule has 0 amide bonds. The van der Waals surface area contributed by atoms with E-state index in [-0.39, 0.29) is 6.04 Å². The molecule has 0 aliphatic carbocycles. The lowest BCUT2D eigenvalue weighted by Gasteiger charge is -2.12. The van der Waals surface area contributed by atoms with E-state index in [1.807, 2.05) is 6.92 Å². The van der Waals surface area contributed by atoms with Crippen molar-refractivity contribution in [1.29, 1.82) is 0 Å². The molecule has 0 aliphatic heterocycles. The molecule has 0 saturated heterocycles. The molecule has 1 heterocycles. The number of nitrogens with two attached hydrogens (primary N) is 1. The van der Waals surface area contributed by atoms with E-state index in [1.165, 1.54) is 5.56 Å². The van der Waals surface area contributed by atoms with E-state index in [1.54, 1.807) is 11.3 Å². The highest BCUT2D eigenvalue weighted by molar-refractivity contribution is 7.07. The molecule has 0 aromatic carbocycles. The summed E-state index contributed by atoms with van der Waals surface area (Å²) in [6.07, 6.45) is 0. The van der Waals surface area contributed by atoms with E-state index in [0.29, 0.717) is 13.1 Å². The van der Waals surface area contributed by atoms with Crippen molar-refractivity contribution in [2.75, 3.05) is 13.1 Å². The summed E-state index contributed by atoms with van der Waals surface area (Å²) in [4.78, 5) is 0. The van der Waals surface area contributed by atoms with Crippen LogP contribution in [-0.2, 0) is 0 Å². The fourth-order valence-corrected chi connectivity index (χ4v) is 1.79. The third-order valence-electron chi connectivity index (χ3n) is 1.79. The SMILES string of the molecule is CC#CCNC(CN)c1ccsc1. The quantitative estimate of drug-likeness (QED) is 0.710. The molecule has 0 saturated carbocycles. The van der Waals surface area contributed by atoms with E-state index >= 15 is 0 Å². The lowest BCUT2D eigenvalue weighted by atomic mass is 10.1. The summed E-state index contributed by atoms with van der Waals surface area (Å²) in [6.45, 7) is 3.15. The highest BCUT2D eigenvalue weighted by Gasteiger charge is 2.07. The summed E-state index contributed by atoms with van der Waals surface area (Å²) < 4.78 is 0. The lowest BCUT2D eigenvalue weighted by molar-refractivity contribution is 0.584. The van der Waals surface area contributed by atoms with Crippen LogP contribution in [0.4, 0.5) is 0 Å². The molecular formula is C10H14N2S. The van der Waals surface area contributed by atoms with Crippen LogP contribution in [0.25, 0.3) is 0 Å². The molecule has 0 aliphatic rings. The largest absolute Gasteiger partial charge is 0.329 e. The van der Waals surface area contributed by atoms with E-state index < -0.39 is 0 Å². The van der Waals surface area contributed by atoms with Gasteiger partial charge in [0.1, 0.15) is 0 Å². The van der Waals surface area contributed by atoms with Crippen molar-refractivity contribution in [3.63, 3.8) is 0 Å². The molecule has 1 aromatic rings. The van der Waals surface area contributed by atoms with Crippen LogP contribution in [0.2, 0.25) is 0 Å². The Morgan fingerprint density at radius 3 is 3.08 bits per heavy atom. The first-order chi connectivity index (χ1) is 6.38. The van der Waals surface area contributed by atoms with Crippen LogP contribution in [0.15, 0.2) is 16.8 Å². The van der Waals surface area contributed by atoms with Gasteiger partial charge in [-0.3, -0.25) is 5.32 Å². The summed E-state index contributed by atoms with van der Waals surface area (Å²) >= 11 is 1.69. The van der Waals surface area contributed by atoms with Gasteiger partial charge in [0, 0.05) is 12.6 Å². The van der Waals surface area contributed by atoms with Crippen molar-refractivity contribution in [1.82, 2.24) is 5.32 Å². The smallest absolute Gasteiger partial charge is 0.0581 e. The van der Waals surface area contributed by atoms with Crippen LogP contribution in [0.3, 0.4) is 0 Å². The molecule has 3 heteroatoms.